The van der Waals surface area contributed by atoms with E-state index in [1.165, 1.54) is 37.9 Å². The summed E-state index contributed by atoms with van der Waals surface area (Å²) in [5, 5.41) is 0. The standard InChI is InChI=1S/C16H25BrN2/c1-2-13-6-5-10-19(12-13)11-9-16(18)14-7-3-4-8-15(14)17/h3-4,7-8,13,16H,2,5-6,9-12,18H2,1H3. The second-order valence-corrected chi connectivity index (χ2v) is 6.49. The van der Waals surface area contributed by atoms with Crippen LogP contribution >= 0.6 is 15.9 Å². The summed E-state index contributed by atoms with van der Waals surface area (Å²) in [6, 6.07) is 8.44. The summed E-state index contributed by atoms with van der Waals surface area (Å²) < 4.78 is 1.13. The minimum atomic E-state index is 0.137. The van der Waals surface area contributed by atoms with Gasteiger partial charge in [-0.2, -0.15) is 0 Å². The fourth-order valence-electron chi connectivity index (χ4n) is 2.94. The molecule has 0 saturated carbocycles. The number of hydrogen-bond donors (Lipinski definition) is 1. The Bertz CT molecular complexity index is 394. The maximum Gasteiger partial charge on any atom is 0.0318 e. The molecule has 0 bridgehead atoms. The van der Waals surface area contributed by atoms with Crippen LogP contribution < -0.4 is 5.73 Å². The van der Waals surface area contributed by atoms with Crippen LogP contribution in [0.25, 0.3) is 0 Å². The van der Waals surface area contributed by atoms with E-state index >= 15 is 0 Å². The van der Waals surface area contributed by atoms with Crippen molar-refractivity contribution in [3.63, 3.8) is 0 Å². The van der Waals surface area contributed by atoms with E-state index in [1.54, 1.807) is 0 Å². The second-order valence-electron chi connectivity index (χ2n) is 5.63. The van der Waals surface area contributed by atoms with Gasteiger partial charge in [0.05, 0.1) is 0 Å². The van der Waals surface area contributed by atoms with Crippen molar-refractivity contribution in [3.05, 3.63) is 34.3 Å². The summed E-state index contributed by atoms with van der Waals surface area (Å²) in [4.78, 5) is 2.59. The molecule has 2 nitrogen and oxygen atoms in total. The number of nitrogens with zero attached hydrogens (tertiary/aromatic N) is 1. The van der Waals surface area contributed by atoms with Gasteiger partial charge in [0.2, 0.25) is 0 Å². The highest BCUT2D eigenvalue weighted by Crippen LogP contribution is 2.25. The lowest BCUT2D eigenvalue weighted by atomic mass is 9.95. The molecule has 0 amide bonds. The Morgan fingerprint density at radius 3 is 2.95 bits per heavy atom. The van der Waals surface area contributed by atoms with E-state index in [0.29, 0.717) is 0 Å². The van der Waals surface area contributed by atoms with E-state index in [-0.39, 0.29) is 6.04 Å². The molecule has 2 N–H and O–H groups in total. The third-order valence-corrected chi connectivity index (χ3v) is 4.96. The number of rotatable bonds is 5. The monoisotopic (exact) mass is 324 g/mol. The Kier molecular flexibility index (Phi) is 5.86. The zero-order chi connectivity index (χ0) is 13.7. The topological polar surface area (TPSA) is 29.3 Å². The number of benzene rings is 1. The molecule has 0 aromatic heterocycles. The molecule has 2 atom stereocenters. The molecule has 3 heteroatoms. The molecule has 19 heavy (non-hydrogen) atoms. The van der Waals surface area contributed by atoms with Crippen LogP contribution in [0.3, 0.4) is 0 Å². The molecule has 1 aromatic rings. The van der Waals surface area contributed by atoms with E-state index in [4.69, 9.17) is 5.73 Å². The van der Waals surface area contributed by atoms with Crippen molar-refractivity contribution in [1.29, 1.82) is 0 Å². The van der Waals surface area contributed by atoms with Crippen molar-refractivity contribution in [2.75, 3.05) is 19.6 Å². The summed E-state index contributed by atoms with van der Waals surface area (Å²) in [6.07, 6.45) is 5.11. The molecule has 106 valence electrons. The van der Waals surface area contributed by atoms with Gasteiger partial charge in [0.15, 0.2) is 0 Å². The Morgan fingerprint density at radius 2 is 2.21 bits per heavy atom. The van der Waals surface area contributed by atoms with Crippen molar-refractivity contribution in [1.82, 2.24) is 4.90 Å². The molecule has 1 aromatic carbocycles. The minimum Gasteiger partial charge on any atom is -0.324 e. The second kappa shape index (κ2) is 7.41. The Morgan fingerprint density at radius 1 is 1.42 bits per heavy atom. The van der Waals surface area contributed by atoms with Crippen molar-refractivity contribution in [2.45, 2.75) is 38.6 Å². The lowest BCUT2D eigenvalue weighted by Crippen LogP contribution is -2.36. The Labute approximate surface area is 125 Å². The molecule has 1 aliphatic rings. The summed E-state index contributed by atoms with van der Waals surface area (Å²) >= 11 is 3.59. The van der Waals surface area contributed by atoms with Gasteiger partial charge < -0.3 is 10.6 Å². The van der Waals surface area contributed by atoms with Gasteiger partial charge in [0.25, 0.3) is 0 Å². The largest absolute Gasteiger partial charge is 0.324 e. The van der Waals surface area contributed by atoms with Crippen LogP contribution in [0.2, 0.25) is 0 Å². The van der Waals surface area contributed by atoms with Gasteiger partial charge in [0.1, 0.15) is 0 Å². The SMILES string of the molecule is CCC1CCCN(CCC(N)c2ccccc2Br)C1. The van der Waals surface area contributed by atoms with Gasteiger partial charge in [-0.25, -0.2) is 0 Å². The quantitative estimate of drug-likeness (QED) is 0.888. The van der Waals surface area contributed by atoms with E-state index in [1.807, 2.05) is 6.07 Å². The first-order valence-electron chi connectivity index (χ1n) is 7.43. The summed E-state index contributed by atoms with van der Waals surface area (Å²) in [5.41, 5.74) is 7.55. The Hall–Kier alpha value is -0.380. The predicted molar refractivity (Wildman–Crippen MR) is 85.1 cm³/mol. The lowest BCUT2D eigenvalue weighted by Gasteiger charge is -2.32. The van der Waals surface area contributed by atoms with Crippen LogP contribution in [0, 0.1) is 5.92 Å². The average Bonchev–Trinajstić information content (AvgIpc) is 2.45. The van der Waals surface area contributed by atoms with E-state index in [0.717, 1.165) is 23.4 Å². The summed E-state index contributed by atoms with van der Waals surface area (Å²) in [7, 11) is 0. The molecule has 0 spiro atoms. The van der Waals surface area contributed by atoms with Crippen molar-refractivity contribution >= 4 is 15.9 Å². The molecular formula is C16H25BrN2. The number of likely N-dealkylation sites (tertiary alicyclic amines) is 1. The predicted octanol–water partition coefficient (Wildman–Crippen LogP) is 3.96. The maximum atomic E-state index is 6.32. The zero-order valence-electron chi connectivity index (χ0n) is 11.8. The molecule has 1 heterocycles. The first-order chi connectivity index (χ1) is 9.20. The Balaban J connectivity index is 1.83. The molecule has 0 aliphatic carbocycles. The normalized spacial score (nSPS) is 22.4. The molecule has 2 unspecified atom stereocenters. The van der Waals surface area contributed by atoms with Gasteiger partial charge >= 0.3 is 0 Å². The summed E-state index contributed by atoms with van der Waals surface area (Å²) in [6.45, 7) is 5.94. The van der Waals surface area contributed by atoms with Crippen LogP contribution in [0.4, 0.5) is 0 Å². The molecule has 1 aliphatic heterocycles. The van der Waals surface area contributed by atoms with E-state index in [2.05, 4.69) is 46.0 Å². The van der Waals surface area contributed by atoms with Gasteiger partial charge in [0, 0.05) is 17.1 Å². The molecule has 1 fully saturated rings. The van der Waals surface area contributed by atoms with E-state index in [9.17, 15) is 0 Å². The van der Waals surface area contributed by atoms with Crippen molar-refractivity contribution in [3.8, 4) is 0 Å². The van der Waals surface area contributed by atoms with Crippen LogP contribution in [0.1, 0.15) is 44.2 Å². The van der Waals surface area contributed by atoms with Gasteiger partial charge in [-0.05, 0) is 49.9 Å². The number of nitrogens with two attached hydrogens (primary N) is 1. The highest BCUT2D eigenvalue weighted by Gasteiger charge is 2.19. The lowest BCUT2D eigenvalue weighted by molar-refractivity contribution is 0.167. The third-order valence-electron chi connectivity index (χ3n) is 4.24. The fourth-order valence-corrected chi connectivity index (χ4v) is 3.52. The van der Waals surface area contributed by atoms with Crippen LogP contribution in [0.5, 0.6) is 0 Å². The number of halogens is 1. The minimum absolute atomic E-state index is 0.137. The van der Waals surface area contributed by atoms with Crippen molar-refractivity contribution < 1.29 is 0 Å². The maximum absolute atomic E-state index is 6.32. The number of piperidine rings is 1. The fraction of sp³-hybridized carbons (Fsp3) is 0.625. The first kappa shape index (κ1) is 15.0. The third kappa shape index (κ3) is 4.30. The van der Waals surface area contributed by atoms with Crippen LogP contribution in [0.15, 0.2) is 28.7 Å². The smallest absolute Gasteiger partial charge is 0.0318 e. The van der Waals surface area contributed by atoms with Gasteiger partial charge in [-0.15, -0.1) is 0 Å². The van der Waals surface area contributed by atoms with Gasteiger partial charge in [-0.1, -0.05) is 47.5 Å². The molecule has 1 saturated heterocycles. The van der Waals surface area contributed by atoms with Crippen LogP contribution in [-0.4, -0.2) is 24.5 Å². The highest BCUT2D eigenvalue weighted by atomic mass is 79.9. The first-order valence-corrected chi connectivity index (χ1v) is 8.22. The van der Waals surface area contributed by atoms with Gasteiger partial charge in [-0.3, -0.25) is 0 Å². The van der Waals surface area contributed by atoms with Crippen molar-refractivity contribution in [2.24, 2.45) is 11.7 Å². The molecule has 0 radical (unpaired) electrons. The number of hydrogen-bond acceptors (Lipinski definition) is 2. The molecular weight excluding hydrogens is 300 g/mol. The van der Waals surface area contributed by atoms with Crippen LogP contribution in [-0.2, 0) is 0 Å². The molecule has 2 rings (SSSR count). The average molecular weight is 325 g/mol. The summed E-state index contributed by atoms with van der Waals surface area (Å²) in [5.74, 6) is 0.897. The highest BCUT2D eigenvalue weighted by molar-refractivity contribution is 9.10. The van der Waals surface area contributed by atoms with E-state index < -0.39 is 0 Å². The zero-order valence-corrected chi connectivity index (χ0v) is 13.4.